The number of nitrogens with zero attached hydrogens (tertiary/aromatic N) is 1. The number of anilines is 2. The van der Waals surface area contributed by atoms with E-state index in [9.17, 15) is 0 Å². The molecule has 0 saturated heterocycles. The van der Waals surface area contributed by atoms with Gasteiger partial charge in [-0.15, -0.1) is 0 Å². The molecule has 3 nitrogen and oxygen atoms in total. The number of nitrogens with two attached hydrogens (primary N) is 1. The Morgan fingerprint density at radius 3 is 2.59 bits per heavy atom. The average molecular weight is 250 g/mol. The van der Waals surface area contributed by atoms with E-state index in [0.29, 0.717) is 10.7 Å². The zero-order valence-corrected chi connectivity index (χ0v) is 11.0. The molecule has 0 aliphatic heterocycles. The van der Waals surface area contributed by atoms with Crippen molar-refractivity contribution in [2.75, 3.05) is 11.1 Å². The minimum Gasteiger partial charge on any atom is -0.398 e. The van der Waals surface area contributed by atoms with Gasteiger partial charge >= 0.3 is 0 Å². The molecule has 1 aromatic carbocycles. The number of fused-ring (bicyclic) bond motifs is 1. The van der Waals surface area contributed by atoms with Crippen LogP contribution in [0.15, 0.2) is 24.4 Å². The third-order valence-electron chi connectivity index (χ3n) is 2.40. The van der Waals surface area contributed by atoms with Gasteiger partial charge in [0.05, 0.1) is 5.02 Å². The van der Waals surface area contributed by atoms with E-state index in [4.69, 9.17) is 17.3 Å². The Morgan fingerprint density at radius 1 is 1.24 bits per heavy atom. The summed E-state index contributed by atoms with van der Waals surface area (Å²) in [6, 6.07) is 5.49. The van der Waals surface area contributed by atoms with Crippen LogP contribution in [0.5, 0.6) is 0 Å². The van der Waals surface area contributed by atoms with E-state index in [1.165, 1.54) is 0 Å². The van der Waals surface area contributed by atoms with Crippen molar-refractivity contribution in [3.63, 3.8) is 0 Å². The highest BCUT2D eigenvalue weighted by Crippen LogP contribution is 2.33. The topological polar surface area (TPSA) is 50.9 Å². The van der Waals surface area contributed by atoms with Gasteiger partial charge in [-0.3, -0.25) is 0 Å². The van der Waals surface area contributed by atoms with Crippen LogP contribution in [0.3, 0.4) is 0 Å². The third-order valence-corrected chi connectivity index (χ3v) is 2.72. The number of nitrogen functional groups attached to an aromatic ring is 1. The zero-order chi connectivity index (χ0) is 12.6. The summed E-state index contributed by atoms with van der Waals surface area (Å²) in [5, 5.41) is 5.81. The number of hydrogen-bond donors (Lipinski definition) is 2. The van der Waals surface area contributed by atoms with E-state index in [-0.39, 0.29) is 5.54 Å². The number of aromatic nitrogens is 1. The normalized spacial score (nSPS) is 11.8. The maximum Gasteiger partial charge on any atom is 0.135 e. The first kappa shape index (κ1) is 12.0. The van der Waals surface area contributed by atoms with E-state index in [1.807, 2.05) is 12.1 Å². The van der Waals surface area contributed by atoms with Gasteiger partial charge < -0.3 is 11.1 Å². The van der Waals surface area contributed by atoms with Crippen LogP contribution in [0, 0.1) is 0 Å². The van der Waals surface area contributed by atoms with Crippen LogP contribution < -0.4 is 11.1 Å². The quantitative estimate of drug-likeness (QED) is 0.758. The van der Waals surface area contributed by atoms with Crippen molar-refractivity contribution < 1.29 is 0 Å². The summed E-state index contributed by atoms with van der Waals surface area (Å²) in [5.41, 5.74) is 6.58. The molecule has 0 spiro atoms. The third kappa shape index (κ3) is 2.44. The molecule has 1 heterocycles. The minimum absolute atomic E-state index is 0.0742. The minimum atomic E-state index is -0.0742. The zero-order valence-electron chi connectivity index (χ0n) is 10.2. The standard InChI is InChI=1S/C13H16ClN3/c1-13(2,3)17-12-11-8(6-7-16-12)10(15)5-4-9(11)14/h4-7H,15H2,1-3H3,(H,16,17). The molecule has 3 N–H and O–H groups in total. The molecule has 2 rings (SSSR count). The molecule has 90 valence electrons. The highest BCUT2D eigenvalue weighted by molar-refractivity contribution is 6.37. The number of pyridine rings is 1. The number of hydrogen-bond acceptors (Lipinski definition) is 3. The SMILES string of the molecule is CC(C)(C)Nc1nccc2c(N)ccc(Cl)c12. The van der Waals surface area contributed by atoms with E-state index in [0.717, 1.165) is 16.6 Å². The summed E-state index contributed by atoms with van der Waals surface area (Å²) in [4.78, 5) is 4.34. The van der Waals surface area contributed by atoms with E-state index in [1.54, 1.807) is 12.3 Å². The lowest BCUT2D eigenvalue weighted by Crippen LogP contribution is -2.26. The molecule has 17 heavy (non-hydrogen) atoms. The summed E-state index contributed by atoms with van der Waals surface area (Å²) in [7, 11) is 0. The lowest BCUT2D eigenvalue weighted by molar-refractivity contribution is 0.631. The molecule has 0 unspecified atom stereocenters. The first-order valence-corrected chi connectivity index (χ1v) is 5.87. The number of nitrogens with one attached hydrogen (secondary N) is 1. The van der Waals surface area contributed by atoms with Gasteiger partial charge in [0.25, 0.3) is 0 Å². The van der Waals surface area contributed by atoms with Gasteiger partial charge in [0.1, 0.15) is 5.82 Å². The molecule has 0 aliphatic carbocycles. The molecule has 0 aliphatic rings. The molecular weight excluding hydrogens is 234 g/mol. The van der Waals surface area contributed by atoms with Crippen molar-refractivity contribution >= 4 is 33.9 Å². The van der Waals surface area contributed by atoms with Gasteiger partial charge in [-0.25, -0.2) is 4.98 Å². The second-order valence-electron chi connectivity index (χ2n) is 5.09. The van der Waals surface area contributed by atoms with Crippen molar-refractivity contribution in [1.29, 1.82) is 0 Å². The Hall–Kier alpha value is -1.48. The molecular formula is C13H16ClN3. The van der Waals surface area contributed by atoms with Crippen molar-refractivity contribution in [2.45, 2.75) is 26.3 Å². The maximum atomic E-state index is 6.23. The van der Waals surface area contributed by atoms with Crippen LogP contribution in [-0.2, 0) is 0 Å². The summed E-state index contributed by atoms with van der Waals surface area (Å²) < 4.78 is 0. The van der Waals surface area contributed by atoms with Crippen LogP contribution in [-0.4, -0.2) is 10.5 Å². The molecule has 2 aromatic rings. The summed E-state index contributed by atoms with van der Waals surface area (Å²) in [5.74, 6) is 0.771. The predicted octanol–water partition coefficient (Wildman–Crippen LogP) is 3.68. The van der Waals surface area contributed by atoms with E-state index in [2.05, 4.69) is 31.1 Å². The molecule has 0 fully saturated rings. The van der Waals surface area contributed by atoms with Crippen LogP contribution in [0.25, 0.3) is 10.8 Å². The average Bonchev–Trinajstić information content (AvgIpc) is 2.21. The second kappa shape index (κ2) is 4.08. The van der Waals surface area contributed by atoms with E-state index >= 15 is 0 Å². The first-order valence-electron chi connectivity index (χ1n) is 5.49. The fourth-order valence-electron chi connectivity index (χ4n) is 1.73. The van der Waals surface area contributed by atoms with Crippen LogP contribution in [0.1, 0.15) is 20.8 Å². The second-order valence-corrected chi connectivity index (χ2v) is 5.50. The van der Waals surface area contributed by atoms with Crippen LogP contribution in [0.4, 0.5) is 11.5 Å². The van der Waals surface area contributed by atoms with Crippen LogP contribution >= 0.6 is 11.6 Å². The summed E-state index contributed by atoms with van der Waals surface area (Å²) >= 11 is 6.23. The Bertz CT molecular complexity index is 558. The predicted molar refractivity (Wildman–Crippen MR) is 74.5 cm³/mol. The van der Waals surface area contributed by atoms with Gasteiger partial charge in [0.2, 0.25) is 0 Å². The fraction of sp³-hybridized carbons (Fsp3) is 0.308. The highest BCUT2D eigenvalue weighted by Gasteiger charge is 2.14. The van der Waals surface area contributed by atoms with Gasteiger partial charge in [-0.05, 0) is 39.0 Å². The molecule has 0 atom stereocenters. The van der Waals surface area contributed by atoms with Crippen molar-refractivity contribution in [2.24, 2.45) is 0 Å². The van der Waals surface area contributed by atoms with Gasteiger partial charge in [-0.1, -0.05) is 11.6 Å². The molecule has 0 amide bonds. The summed E-state index contributed by atoms with van der Waals surface area (Å²) in [6.45, 7) is 6.23. The first-order chi connectivity index (χ1) is 7.88. The smallest absolute Gasteiger partial charge is 0.135 e. The Balaban J connectivity index is 2.68. The number of rotatable bonds is 1. The Labute approximate surface area is 106 Å². The van der Waals surface area contributed by atoms with Gasteiger partial charge in [0.15, 0.2) is 0 Å². The molecule has 0 bridgehead atoms. The molecule has 4 heteroatoms. The molecule has 0 radical (unpaired) electrons. The number of halogens is 1. The lowest BCUT2D eigenvalue weighted by Gasteiger charge is -2.22. The largest absolute Gasteiger partial charge is 0.398 e. The number of benzene rings is 1. The maximum absolute atomic E-state index is 6.23. The molecule has 1 aromatic heterocycles. The van der Waals surface area contributed by atoms with Gasteiger partial charge in [0, 0.05) is 28.2 Å². The lowest BCUT2D eigenvalue weighted by atomic mass is 10.1. The van der Waals surface area contributed by atoms with Gasteiger partial charge in [-0.2, -0.15) is 0 Å². The molecule has 0 saturated carbocycles. The fourth-order valence-corrected chi connectivity index (χ4v) is 1.98. The highest BCUT2D eigenvalue weighted by atomic mass is 35.5. The monoisotopic (exact) mass is 249 g/mol. The van der Waals surface area contributed by atoms with Crippen molar-refractivity contribution in [3.05, 3.63) is 29.4 Å². The summed E-state index contributed by atoms with van der Waals surface area (Å²) in [6.07, 6.45) is 1.74. The van der Waals surface area contributed by atoms with E-state index < -0.39 is 0 Å². The van der Waals surface area contributed by atoms with Crippen molar-refractivity contribution in [1.82, 2.24) is 4.98 Å². The van der Waals surface area contributed by atoms with Crippen molar-refractivity contribution in [3.8, 4) is 0 Å². The van der Waals surface area contributed by atoms with Crippen LogP contribution in [0.2, 0.25) is 5.02 Å². The Kier molecular flexibility index (Phi) is 2.87. The Morgan fingerprint density at radius 2 is 1.94 bits per heavy atom.